The van der Waals surface area contributed by atoms with E-state index >= 15 is 0 Å². The van der Waals surface area contributed by atoms with Gasteiger partial charge in [-0.1, -0.05) is 18.2 Å². The molecule has 2 N–H and O–H groups in total. The third-order valence-corrected chi connectivity index (χ3v) is 5.73. The maximum Gasteiger partial charge on any atom is 0.270 e. The maximum atomic E-state index is 13.0. The fourth-order valence-corrected chi connectivity index (χ4v) is 3.87. The van der Waals surface area contributed by atoms with E-state index in [1.165, 1.54) is 41.9 Å². The molecule has 0 fully saturated rings. The van der Waals surface area contributed by atoms with E-state index in [9.17, 15) is 33.4 Å². The zero-order valence-electron chi connectivity index (χ0n) is 14.8. The second-order valence-electron chi connectivity index (χ2n) is 5.80. The van der Waals surface area contributed by atoms with Gasteiger partial charge in [0.2, 0.25) is 15.9 Å². The van der Waals surface area contributed by atoms with Crippen LogP contribution in [0.15, 0.2) is 53.4 Å². The first-order chi connectivity index (χ1) is 13.6. The number of nitro benzene ring substituents is 2. The molecule has 0 aliphatic rings. The van der Waals surface area contributed by atoms with Crippen molar-refractivity contribution in [2.45, 2.75) is 17.9 Å². The van der Waals surface area contributed by atoms with E-state index in [2.05, 4.69) is 0 Å². The lowest BCUT2D eigenvalue weighted by Gasteiger charge is -2.22. The standard InChI is InChI=1S/C16H16N4O8S/c21-16(17-22)8-9-18(11-12-4-6-13(7-5-12)19(23)24)29(27,28)15-3-1-2-14(10-15)20(25)26/h1-7,10,22H,8-9,11H2,(H,17,21). The van der Waals surface area contributed by atoms with Crippen LogP contribution in [-0.2, 0) is 21.4 Å². The molecule has 0 aliphatic heterocycles. The molecule has 0 saturated carbocycles. The summed E-state index contributed by atoms with van der Waals surface area (Å²) in [5, 5.41) is 30.3. The van der Waals surface area contributed by atoms with Crippen molar-refractivity contribution in [3.8, 4) is 0 Å². The van der Waals surface area contributed by atoms with Crippen molar-refractivity contribution in [1.82, 2.24) is 9.79 Å². The predicted molar refractivity (Wildman–Crippen MR) is 98.3 cm³/mol. The number of hydroxylamine groups is 1. The van der Waals surface area contributed by atoms with Gasteiger partial charge in [0.15, 0.2) is 0 Å². The molecule has 0 heterocycles. The van der Waals surface area contributed by atoms with Gasteiger partial charge in [0.25, 0.3) is 11.4 Å². The van der Waals surface area contributed by atoms with Crippen LogP contribution in [-0.4, -0.2) is 40.2 Å². The third-order valence-electron chi connectivity index (χ3n) is 3.89. The Kier molecular flexibility index (Phi) is 6.93. The normalized spacial score (nSPS) is 11.2. The van der Waals surface area contributed by atoms with E-state index in [1.54, 1.807) is 0 Å². The topological polar surface area (TPSA) is 173 Å². The molecule has 12 nitrogen and oxygen atoms in total. The molecule has 1 amide bonds. The molecule has 0 bridgehead atoms. The number of nitro groups is 2. The van der Waals surface area contributed by atoms with Crippen molar-refractivity contribution in [1.29, 1.82) is 0 Å². The van der Waals surface area contributed by atoms with Crippen molar-refractivity contribution in [3.05, 3.63) is 74.3 Å². The first-order valence-corrected chi connectivity index (χ1v) is 9.50. The minimum Gasteiger partial charge on any atom is -0.289 e. The van der Waals surface area contributed by atoms with E-state index < -0.39 is 31.5 Å². The van der Waals surface area contributed by atoms with E-state index in [1.807, 2.05) is 0 Å². The number of nitrogens with zero attached hydrogens (tertiary/aromatic N) is 3. The molecule has 0 unspecified atom stereocenters. The minimum atomic E-state index is -4.25. The number of carbonyl (C=O) groups is 1. The molecule has 0 radical (unpaired) electrons. The maximum absolute atomic E-state index is 13.0. The summed E-state index contributed by atoms with van der Waals surface area (Å²) >= 11 is 0. The largest absolute Gasteiger partial charge is 0.289 e. The lowest BCUT2D eigenvalue weighted by atomic mass is 10.2. The highest BCUT2D eigenvalue weighted by atomic mass is 32.2. The van der Waals surface area contributed by atoms with Crippen molar-refractivity contribution in [2.75, 3.05) is 6.54 Å². The van der Waals surface area contributed by atoms with E-state index in [0.29, 0.717) is 5.56 Å². The van der Waals surface area contributed by atoms with Crippen LogP contribution >= 0.6 is 0 Å². The average Bonchev–Trinajstić information content (AvgIpc) is 2.71. The molecule has 2 rings (SSSR count). The highest BCUT2D eigenvalue weighted by Gasteiger charge is 2.27. The highest BCUT2D eigenvalue weighted by molar-refractivity contribution is 7.89. The second-order valence-corrected chi connectivity index (χ2v) is 7.74. The van der Waals surface area contributed by atoms with Gasteiger partial charge in [-0.05, 0) is 11.6 Å². The van der Waals surface area contributed by atoms with Crippen molar-refractivity contribution >= 4 is 27.3 Å². The third kappa shape index (κ3) is 5.54. The SMILES string of the molecule is O=C(CCN(Cc1ccc([N+](=O)[O-])cc1)S(=O)(=O)c1cccc([N+](=O)[O-])c1)NO. The summed E-state index contributed by atoms with van der Waals surface area (Å²) in [5.41, 5.74) is 1.19. The number of carbonyl (C=O) groups excluding carboxylic acids is 1. The van der Waals surface area contributed by atoms with Gasteiger partial charge < -0.3 is 0 Å². The van der Waals surface area contributed by atoms with Crippen LogP contribution in [0.2, 0.25) is 0 Å². The molecule has 0 saturated heterocycles. The quantitative estimate of drug-likeness (QED) is 0.347. The first-order valence-electron chi connectivity index (χ1n) is 8.06. The van der Waals surface area contributed by atoms with Crippen molar-refractivity contribution in [3.63, 3.8) is 0 Å². The Balaban J connectivity index is 2.37. The zero-order valence-corrected chi connectivity index (χ0v) is 15.6. The molecule has 2 aromatic carbocycles. The molecule has 0 aromatic heterocycles. The van der Waals surface area contributed by atoms with Crippen LogP contribution in [0.5, 0.6) is 0 Å². The van der Waals surface area contributed by atoms with E-state index in [0.717, 1.165) is 16.4 Å². The Bertz CT molecular complexity index is 1020. The van der Waals surface area contributed by atoms with Crippen LogP contribution in [0, 0.1) is 20.2 Å². The molecule has 0 aliphatic carbocycles. The molecular weight excluding hydrogens is 408 g/mol. The number of non-ortho nitro benzene ring substituents is 2. The summed E-state index contributed by atoms with van der Waals surface area (Å²) in [7, 11) is -4.25. The van der Waals surface area contributed by atoms with Gasteiger partial charge in [0, 0.05) is 43.8 Å². The van der Waals surface area contributed by atoms with Gasteiger partial charge in [0.05, 0.1) is 14.7 Å². The summed E-state index contributed by atoms with van der Waals surface area (Å²) in [6.07, 6.45) is -0.377. The molecule has 0 spiro atoms. The van der Waals surface area contributed by atoms with Crippen LogP contribution in [0.1, 0.15) is 12.0 Å². The molecule has 2 aromatic rings. The Morgan fingerprint density at radius 1 is 1.03 bits per heavy atom. The van der Waals surface area contributed by atoms with Crippen molar-refractivity contribution < 1.29 is 28.3 Å². The average molecular weight is 424 g/mol. The van der Waals surface area contributed by atoms with E-state index in [4.69, 9.17) is 5.21 Å². The van der Waals surface area contributed by atoms with Gasteiger partial charge in [0.1, 0.15) is 0 Å². The number of amides is 1. The van der Waals surface area contributed by atoms with Gasteiger partial charge in [-0.3, -0.25) is 30.2 Å². The van der Waals surface area contributed by atoms with Gasteiger partial charge >= 0.3 is 0 Å². The number of hydrogen-bond donors (Lipinski definition) is 2. The van der Waals surface area contributed by atoms with Crippen LogP contribution in [0.25, 0.3) is 0 Å². The number of sulfonamides is 1. The predicted octanol–water partition coefficient (Wildman–Crippen LogP) is 1.59. The summed E-state index contributed by atoms with van der Waals surface area (Å²) in [6.45, 7) is -0.587. The summed E-state index contributed by atoms with van der Waals surface area (Å²) in [4.78, 5) is 31.4. The second kappa shape index (κ2) is 9.18. The Morgan fingerprint density at radius 3 is 2.21 bits per heavy atom. The van der Waals surface area contributed by atoms with Crippen LogP contribution in [0.3, 0.4) is 0 Å². The molecule has 154 valence electrons. The fraction of sp³-hybridized carbons (Fsp3) is 0.188. The highest BCUT2D eigenvalue weighted by Crippen LogP contribution is 2.23. The number of benzene rings is 2. The first kappa shape index (κ1) is 21.9. The molecule has 13 heteroatoms. The van der Waals surface area contributed by atoms with Crippen molar-refractivity contribution in [2.24, 2.45) is 0 Å². The Hall–Kier alpha value is -3.42. The van der Waals surface area contributed by atoms with Crippen LogP contribution < -0.4 is 5.48 Å². The van der Waals surface area contributed by atoms with Crippen LogP contribution in [0.4, 0.5) is 11.4 Å². The lowest BCUT2D eigenvalue weighted by Crippen LogP contribution is -2.34. The monoisotopic (exact) mass is 424 g/mol. The smallest absolute Gasteiger partial charge is 0.270 e. The van der Waals surface area contributed by atoms with Gasteiger partial charge in [-0.25, -0.2) is 13.9 Å². The fourth-order valence-electron chi connectivity index (χ4n) is 2.40. The molecule has 0 atom stereocenters. The minimum absolute atomic E-state index is 0.179. The van der Waals surface area contributed by atoms with E-state index in [-0.39, 0.29) is 30.1 Å². The number of rotatable bonds is 9. The summed E-state index contributed by atoms with van der Waals surface area (Å²) in [5.74, 6) is -0.826. The lowest BCUT2D eigenvalue weighted by molar-refractivity contribution is -0.385. The molecular formula is C16H16N4O8S. The van der Waals surface area contributed by atoms with Gasteiger partial charge in [-0.15, -0.1) is 0 Å². The molecule has 29 heavy (non-hydrogen) atoms. The summed E-state index contributed by atoms with van der Waals surface area (Å²) in [6, 6.07) is 9.55. The number of hydrogen-bond acceptors (Lipinski definition) is 8. The number of nitrogens with one attached hydrogen (secondary N) is 1. The Labute approximate surface area is 164 Å². The van der Waals surface area contributed by atoms with Gasteiger partial charge in [-0.2, -0.15) is 4.31 Å². The summed E-state index contributed by atoms with van der Waals surface area (Å²) < 4.78 is 26.9. The zero-order chi connectivity index (χ0) is 21.6. The Morgan fingerprint density at radius 2 is 1.66 bits per heavy atom.